The van der Waals surface area contributed by atoms with Crippen LogP contribution in [0.3, 0.4) is 0 Å². The van der Waals surface area contributed by atoms with E-state index < -0.39 is 0 Å². The summed E-state index contributed by atoms with van der Waals surface area (Å²) in [5.41, 5.74) is 1.26. The minimum atomic E-state index is 0.407. The van der Waals surface area contributed by atoms with Crippen LogP contribution in [0.5, 0.6) is 0 Å². The summed E-state index contributed by atoms with van der Waals surface area (Å²) >= 11 is 0. The molecule has 1 heterocycles. The zero-order chi connectivity index (χ0) is 15.3. The summed E-state index contributed by atoms with van der Waals surface area (Å²) in [6.07, 6.45) is 9.33. The predicted molar refractivity (Wildman–Crippen MR) is 89.0 cm³/mol. The molecule has 2 rings (SSSR count). The van der Waals surface area contributed by atoms with Crippen LogP contribution in [0, 0.1) is 0 Å². The average Bonchev–Trinajstić information content (AvgIpc) is 3.37. The highest BCUT2D eigenvalue weighted by atomic mass is 16.6. The Morgan fingerprint density at radius 1 is 0.818 bits per heavy atom. The summed E-state index contributed by atoms with van der Waals surface area (Å²) < 4.78 is 16.3. The fraction of sp³-hybridized carbons (Fsp3) is 0.684. The Morgan fingerprint density at radius 3 is 2.05 bits per heavy atom. The largest absolute Gasteiger partial charge is 0.379 e. The zero-order valence-corrected chi connectivity index (χ0v) is 13.7. The molecule has 1 aliphatic heterocycles. The van der Waals surface area contributed by atoms with E-state index in [1.165, 1.54) is 50.5 Å². The van der Waals surface area contributed by atoms with Crippen LogP contribution in [-0.4, -0.2) is 32.5 Å². The van der Waals surface area contributed by atoms with Crippen molar-refractivity contribution in [1.29, 1.82) is 0 Å². The first-order chi connectivity index (χ1) is 10.9. The molecule has 0 aromatic heterocycles. The molecule has 0 saturated carbocycles. The van der Waals surface area contributed by atoms with Crippen molar-refractivity contribution in [2.75, 3.05) is 26.4 Å². The Hall–Kier alpha value is -0.900. The van der Waals surface area contributed by atoms with Crippen molar-refractivity contribution in [1.82, 2.24) is 0 Å². The van der Waals surface area contributed by atoms with E-state index >= 15 is 0 Å². The molecule has 0 radical (unpaired) electrons. The van der Waals surface area contributed by atoms with Gasteiger partial charge in [0.1, 0.15) is 6.10 Å². The second kappa shape index (κ2) is 11.6. The molecule has 1 saturated heterocycles. The fourth-order valence-electron chi connectivity index (χ4n) is 2.44. The maximum atomic E-state index is 5.69. The summed E-state index contributed by atoms with van der Waals surface area (Å²) in [5, 5.41) is 0. The smallest absolute Gasteiger partial charge is 0.104 e. The quantitative estimate of drug-likeness (QED) is 0.378. The summed E-state index contributed by atoms with van der Waals surface area (Å²) in [7, 11) is 0. The standard InChI is InChI=1S/C19H30O3/c1(3-5-10-14-21-16-19-17-22-19)2-4-9-13-20-15-18-11-7-6-8-12-18/h6-8,11-12,19H,1-5,9-10,13-17H2. The number of hydrogen-bond acceptors (Lipinski definition) is 3. The van der Waals surface area contributed by atoms with Crippen LogP contribution >= 0.6 is 0 Å². The van der Waals surface area contributed by atoms with E-state index in [1.54, 1.807) is 0 Å². The second-order valence-corrected chi connectivity index (χ2v) is 6.04. The van der Waals surface area contributed by atoms with Gasteiger partial charge in [-0.3, -0.25) is 0 Å². The van der Waals surface area contributed by atoms with Crippen LogP contribution in [0.1, 0.15) is 50.5 Å². The van der Waals surface area contributed by atoms with Crippen molar-refractivity contribution in [3.8, 4) is 0 Å². The molecule has 1 aromatic rings. The van der Waals surface area contributed by atoms with E-state index in [9.17, 15) is 0 Å². The second-order valence-electron chi connectivity index (χ2n) is 6.04. The third-order valence-corrected chi connectivity index (χ3v) is 3.90. The van der Waals surface area contributed by atoms with Gasteiger partial charge in [0.15, 0.2) is 0 Å². The molecule has 0 N–H and O–H groups in total. The Labute approximate surface area is 135 Å². The first-order valence-electron chi connectivity index (χ1n) is 8.76. The number of rotatable bonds is 14. The van der Waals surface area contributed by atoms with Gasteiger partial charge in [0.2, 0.25) is 0 Å². The van der Waals surface area contributed by atoms with E-state index in [1.807, 2.05) is 6.07 Å². The molecule has 1 atom stereocenters. The lowest BCUT2D eigenvalue weighted by atomic mass is 10.1. The van der Waals surface area contributed by atoms with Crippen molar-refractivity contribution in [2.24, 2.45) is 0 Å². The van der Waals surface area contributed by atoms with Gasteiger partial charge in [0, 0.05) is 13.2 Å². The number of epoxide rings is 1. The lowest BCUT2D eigenvalue weighted by molar-refractivity contribution is 0.112. The Morgan fingerprint density at radius 2 is 1.41 bits per heavy atom. The van der Waals surface area contributed by atoms with E-state index in [0.717, 1.165) is 33.0 Å². The van der Waals surface area contributed by atoms with Crippen LogP contribution < -0.4 is 0 Å². The molecule has 0 spiro atoms. The summed E-state index contributed by atoms with van der Waals surface area (Å²) in [6.45, 7) is 4.21. The molecule has 1 fully saturated rings. The highest BCUT2D eigenvalue weighted by Gasteiger charge is 2.21. The van der Waals surface area contributed by atoms with Crippen molar-refractivity contribution < 1.29 is 14.2 Å². The molecule has 3 nitrogen and oxygen atoms in total. The summed E-state index contributed by atoms with van der Waals surface area (Å²) in [5.74, 6) is 0. The summed E-state index contributed by atoms with van der Waals surface area (Å²) in [4.78, 5) is 0. The number of hydrogen-bond donors (Lipinski definition) is 0. The third-order valence-electron chi connectivity index (χ3n) is 3.90. The molecule has 3 heteroatoms. The van der Waals surface area contributed by atoms with E-state index in [4.69, 9.17) is 14.2 Å². The Balaban J connectivity index is 1.26. The first kappa shape index (κ1) is 17.5. The lowest BCUT2D eigenvalue weighted by Gasteiger charge is -2.05. The molecular formula is C19H30O3. The van der Waals surface area contributed by atoms with Gasteiger partial charge in [-0.1, -0.05) is 62.4 Å². The molecule has 22 heavy (non-hydrogen) atoms. The van der Waals surface area contributed by atoms with Gasteiger partial charge < -0.3 is 14.2 Å². The van der Waals surface area contributed by atoms with Gasteiger partial charge >= 0.3 is 0 Å². The lowest BCUT2D eigenvalue weighted by Crippen LogP contribution is -2.02. The third kappa shape index (κ3) is 9.19. The van der Waals surface area contributed by atoms with Crippen molar-refractivity contribution >= 4 is 0 Å². The topological polar surface area (TPSA) is 31.0 Å². The monoisotopic (exact) mass is 306 g/mol. The van der Waals surface area contributed by atoms with Gasteiger partial charge in [-0.25, -0.2) is 0 Å². The zero-order valence-electron chi connectivity index (χ0n) is 13.7. The van der Waals surface area contributed by atoms with Crippen LogP contribution in [0.25, 0.3) is 0 Å². The van der Waals surface area contributed by atoms with Gasteiger partial charge in [-0.2, -0.15) is 0 Å². The molecular weight excluding hydrogens is 276 g/mol. The number of benzene rings is 1. The van der Waals surface area contributed by atoms with Gasteiger partial charge in [-0.15, -0.1) is 0 Å². The summed E-state index contributed by atoms with van der Waals surface area (Å²) in [6, 6.07) is 10.4. The highest BCUT2D eigenvalue weighted by Crippen LogP contribution is 2.10. The highest BCUT2D eigenvalue weighted by molar-refractivity contribution is 5.13. The average molecular weight is 306 g/mol. The van der Waals surface area contributed by atoms with Crippen molar-refractivity contribution in [3.05, 3.63) is 35.9 Å². The van der Waals surface area contributed by atoms with Crippen molar-refractivity contribution in [2.45, 2.75) is 57.7 Å². The van der Waals surface area contributed by atoms with Crippen LogP contribution in [0.15, 0.2) is 30.3 Å². The minimum absolute atomic E-state index is 0.407. The van der Waals surface area contributed by atoms with E-state index in [-0.39, 0.29) is 0 Å². The SMILES string of the molecule is c1ccc(COCCCCCCCCCOCC2CO2)cc1. The van der Waals surface area contributed by atoms with Crippen molar-refractivity contribution in [3.63, 3.8) is 0 Å². The molecule has 0 amide bonds. The maximum Gasteiger partial charge on any atom is 0.104 e. The van der Waals surface area contributed by atoms with Crippen LogP contribution in [-0.2, 0) is 20.8 Å². The maximum absolute atomic E-state index is 5.69. The number of unbranched alkanes of at least 4 members (excludes halogenated alkanes) is 6. The molecule has 0 aliphatic carbocycles. The number of ether oxygens (including phenoxy) is 3. The fourth-order valence-corrected chi connectivity index (χ4v) is 2.44. The molecule has 1 aliphatic rings. The van der Waals surface area contributed by atoms with Gasteiger partial charge in [-0.05, 0) is 18.4 Å². The molecule has 124 valence electrons. The molecule has 0 bridgehead atoms. The van der Waals surface area contributed by atoms with Crippen LogP contribution in [0.2, 0.25) is 0 Å². The Bertz CT molecular complexity index is 362. The first-order valence-corrected chi connectivity index (χ1v) is 8.76. The molecule has 1 unspecified atom stereocenters. The van der Waals surface area contributed by atoms with Gasteiger partial charge in [0.05, 0.1) is 19.8 Å². The van der Waals surface area contributed by atoms with Crippen LogP contribution in [0.4, 0.5) is 0 Å². The predicted octanol–water partition coefficient (Wildman–Crippen LogP) is 4.35. The minimum Gasteiger partial charge on any atom is -0.379 e. The Kier molecular flexibility index (Phi) is 9.23. The van der Waals surface area contributed by atoms with E-state index in [2.05, 4.69) is 24.3 Å². The van der Waals surface area contributed by atoms with E-state index in [0.29, 0.717) is 6.10 Å². The van der Waals surface area contributed by atoms with Gasteiger partial charge in [0.25, 0.3) is 0 Å². The molecule has 1 aromatic carbocycles. The normalized spacial score (nSPS) is 16.8.